The van der Waals surface area contributed by atoms with E-state index in [2.05, 4.69) is 9.97 Å². The van der Waals surface area contributed by atoms with Crippen molar-refractivity contribution in [2.45, 2.75) is 37.8 Å². The van der Waals surface area contributed by atoms with Crippen LogP contribution in [-0.4, -0.2) is 37.4 Å². The Bertz CT molecular complexity index is 1490. The predicted octanol–water partition coefficient (Wildman–Crippen LogP) is 6.61. The number of sulfonamides is 1. The van der Waals surface area contributed by atoms with Crippen molar-refractivity contribution in [1.29, 1.82) is 0 Å². The summed E-state index contributed by atoms with van der Waals surface area (Å²) < 4.78 is 84.5. The van der Waals surface area contributed by atoms with E-state index in [4.69, 9.17) is 4.42 Å². The molecule has 0 amide bonds. The van der Waals surface area contributed by atoms with E-state index in [0.717, 1.165) is 29.0 Å². The van der Waals surface area contributed by atoms with Gasteiger partial charge in [0, 0.05) is 42.4 Å². The molecule has 2 aromatic carbocycles. The summed E-state index contributed by atoms with van der Waals surface area (Å²) in [4.78, 5) is 7.42. The summed E-state index contributed by atoms with van der Waals surface area (Å²) >= 11 is 0. The summed E-state index contributed by atoms with van der Waals surface area (Å²) in [5, 5.41) is 0.679. The Balaban J connectivity index is 1.69. The summed E-state index contributed by atoms with van der Waals surface area (Å²) in [5.41, 5.74) is 2.64. The Morgan fingerprint density at radius 1 is 1.17 bits per heavy atom. The molecule has 6 nitrogen and oxygen atoms in total. The highest BCUT2D eigenvalue weighted by Crippen LogP contribution is 2.49. The van der Waals surface area contributed by atoms with Crippen molar-refractivity contribution in [1.82, 2.24) is 9.97 Å². The summed E-state index contributed by atoms with van der Waals surface area (Å²) in [7, 11) is -3.87. The monoisotopic (exact) mass is 521 g/mol. The molecule has 0 bridgehead atoms. The first-order chi connectivity index (χ1) is 17.0. The van der Waals surface area contributed by atoms with Crippen LogP contribution in [0.1, 0.15) is 37.2 Å². The van der Waals surface area contributed by atoms with Gasteiger partial charge >= 0.3 is 6.18 Å². The fourth-order valence-electron chi connectivity index (χ4n) is 4.42. The number of aromatic amines is 1. The molecule has 36 heavy (non-hydrogen) atoms. The lowest BCUT2D eigenvalue weighted by atomic mass is 10.0. The van der Waals surface area contributed by atoms with Crippen LogP contribution in [0.4, 0.5) is 23.2 Å². The van der Waals surface area contributed by atoms with E-state index in [-0.39, 0.29) is 18.9 Å². The molecule has 1 saturated carbocycles. The van der Waals surface area contributed by atoms with E-state index in [9.17, 15) is 26.0 Å². The molecule has 0 aliphatic heterocycles. The number of H-pyrrole nitrogens is 1. The van der Waals surface area contributed by atoms with Gasteiger partial charge in [0.1, 0.15) is 23.0 Å². The van der Waals surface area contributed by atoms with Crippen LogP contribution in [0, 0.1) is 5.82 Å². The molecule has 2 heterocycles. The lowest BCUT2D eigenvalue weighted by Crippen LogP contribution is -2.32. The number of nitrogens with zero attached hydrogens (tertiary/aromatic N) is 2. The van der Waals surface area contributed by atoms with Crippen molar-refractivity contribution in [2.75, 3.05) is 17.1 Å². The zero-order valence-corrected chi connectivity index (χ0v) is 20.1. The van der Waals surface area contributed by atoms with Crippen molar-refractivity contribution in [3.63, 3.8) is 0 Å². The van der Waals surface area contributed by atoms with Gasteiger partial charge in [-0.1, -0.05) is 0 Å². The van der Waals surface area contributed by atoms with E-state index in [0.29, 0.717) is 39.4 Å². The third-order valence-electron chi connectivity index (χ3n) is 6.19. The number of hydrogen-bond acceptors (Lipinski definition) is 4. The fourth-order valence-corrected chi connectivity index (χ4v) is 5.39. The molecule has 0 radical (unpaired) electrons. The Morgan fingerprint density at radius 3 is 2.47 bits per heavy atom. The minimum atomic E-state index is -4.38. The Hall–Kier alpha value is -3.34. The quantitative estimate of drug-likeness (QED) is 0.265. The van der Waals surface area contributed by atoms with Crippen LogP contribution in [0.2, 0.25) is 0 Å². The molecule has 0 spiro atoms. The number of alkyl halides is 3. The van der Waals surface area contributed by atoms with Crippen molar-refractivity contribution >= 4 is 26.7 Å². The molecule has 0 saturated heterocycles. The Kier molecular flexibility index (Phi) is 6.06. The number of rotatable bonds is 8. The number of anilines is 1. The molecule has 0 unspecified atom stereocenters. The number of halogens is 4. The van der Waals surface area contributed by atoms with Gasteiger partial charge in [0.25, 0.3) is 0 Å². The van der Waals surface area contributed by atoms with Crippen molar-refractivity contribution in [3.05, 3.63) is 60.2 Å². The molecule has 1 N–H and O–H groups in total. The minimum absolute atomic E-state index is 0.0879. The molecule has 1 aliphatic carbocycles. The van der Waals surface area contributed by atoms with Crippen LogP contribution in [0.15, 0.2) is 53.2 Å². The Labute approximate surface area is 205 Å². The van der Waals surface area contributed by atoms with E-state index in [1.807, 2.05) is 6.07 Å². The molecular weight excluding hydrogens is 498 g/mol. The first kappa shape index (κ1) is 24.4. The highest BCUT2D eigenvalue weighted by molar-refractivity contribution is 7.92. The molecule has 0 atom stereocenters. The Morgan fingerprint density at radius 2 is 1.89 bits per heavy atom. The minimum Gasteiger partial charge on any atom is -0.455 e. The molecule has 1 fully saturated rings. The van der Waals surface area contributed by atoms with Gasteiger partial charge < -0.3 is 9.40 Å². The average molecular weight is 522 g/mol. The highest BCUT2D eigenvalue weighted by atomic mass is 32.2. The number of imidazole rings is 1. The van der Waals surface area contributed by atoms with E-state index in [1.54, 1.807) is 30.6 Å². The topological polar surface area (TPSA) is 79.2 Å². The zero-order valence-electron chi connectivity index (χ0n) is 19.3. The molecule has 190 valence electrons. The van der Waals surface area contributed by atoms with Crippen LogP contribution in [0.25, 0.3) is 33.7 Å². The molecule has 2 aromatic heterocycles. The number of furan rings is 1. The van der Waals surface area contributed by atoms with Crippen LogP contribution in [0.3, 0.4) is 0 Å². The van der Waals surface area contributed by atoms with Gasteiger partial charge in [0.2, 0.25) is 10.0 Å². The maximum atomic E-state index is 13.6. The van der Waals surface area contributed by atoms with Gasteiger partial charge in [-0.15, -0.1) is 0 Å². The second-order valence-corrected chi connectivity index (χ2v) is 10.9. The molecule has 5 rings (SSSR count). The second-order valence-electron chi connectivity index (χ2n) is 8.99. The normalized spacial score (nSPS) is 14.5. The third kappa shape index (κ3) is 4.97. The summed E-state index contributed by atoms with van der Waals surface area (Å²) in [5.74, 6) is 0.620. The van der Waals surface area contributed by atoms with E-state index < -0.39 is 28.4 Å². The van der Waals surface area contributed by atoms with Gasteiger partial charge in [-0.25, -0.2) is 17.8 Å². The summed E-state index contributed by atoms with van der Waals surface area (Å²) in [6, 6.07) is 9.18. The first-order valence-electron chi connectivity index (χ1n) is 11.4. The van der Waals surface area contributed by atoms with E-state index >= 15 is 0 Å². The molecule has 4 aromatic rings. The maximum Gasteiger partial charge on any atom is 0.389 e. The second kappa shape index (κ2) is 8.95. The lowest BCUT2D eigenvalue weighted by Gasteiger charge is -2.25. The largest absolute Gasteiger partial charge is 0.455 e. The lowest BCUT2D eigenvalue weighted by molar-refractivity contribution is -0.134. The van der Waals surface area contributed by atoms with Gasteiger partial charge in [-0.05, 0) is 61.1 Å². The maximum absolute atomic E-state index is 13.6. The summed E-state index contributed by atoms with van der Waals surface area (Å²) in [6.45, 7) is -0.305. The van der Waals surface area contributed by atoms with Crippen LogP contribution >= 0.6 is 0 Å². The standard InChI is InChI=1S/C25H23F4N3O3S/c1-36(33,34)32(12-2-9-25(27,28)29)20-14-21-19(13-18(20)15-3-4-15)22(24-30-10-11-31-24)23(35-21)16-5-7-17(26)8-6-16/h5-8,10-11,13-15H,2-4,9,12H2,1H3,(H,30,31). The number of aromatic nitrogens is 2. The van der Waals surface area contributed by atoms with Gasteiger partial charge in [0.05, 0.1) is 17.5 Å². The van der Waals surface area contributed by atoms with Crippen molar-refractivity contribution < 1.29 is 30.4 Å². The van der Waals surface area contributed by atoms with Crippen LogP contribution in [-0.2, 0) is 10.0 Å². The molecule has 1 aliphatic rings. The highest BCUT2D eigenvalue weighted by Gasteiger charge is 2.33. The number of fused-ring (bicyclic) bond motifs is 1. The molecular formula is C25H23F4N3O3S. The molecule has 11 heteroatoms. The van der Waals surface area contributed by atoms with Gasteiger partial charge in [0.15, 0.2) is 0 Å². The van der Waals surface area contributed by atoms with E-state index in [1.165, 1.54) is 12.1 Å². The van der Waals surface area contributed by atoms with Crippen molar-refractivity contribution in [2.24, 2.45) is 0 Å². The van der Waals surface area contributed by atoms with Crippen LogP contribution in [0.5, 0.6) is 0 Å². The van der Waals surface area contributed by atoms with Gasteiger partial charge in [-0.2, -0.15) is 13.2 Å². The number of hydrogen-bond donors (Lipinski definition) is 1. The third-order valence-corrected chi connectivity index (χ3v) is 7.37. The number of benzene rings is 2. The number of nitrogens with one attached hydrogen (secondary N) is 1. The van der Waals surface area contributed by atoms with Crippen LogP contribution < -0.4 is 4.31 Å². The first-order valence-corrected chi connectivity index (χ1v) is 13.3. The zero-order chi connectivity index (χ0) is 25.7. The smallest absolute Gasteiger partial charge is 0.389 e. The average Bonchev–Trinajstić information content (AvgIpc) is 3.36. The van der Waals surface area contributed by atoms with Gasteiger partial charge in [-0.3, -0.25) is 4.31 Å². The SMILES string of the molecule is CS(=O)(=O)N(CCCC(F)(F)F)c1cc2oc(-c3ccc(F)cc3)c(-c3ncc[nH]3)c2cc1C1CC1. The predicted molar refractivity (Wildman–Crippen MR) is 129 cm³/mol. The van der Waals surface area contributed by atoms with Crippen molar-refractivity contribution in [3.8, 4) is 22.7 Å². The fraction of sp³-hybridized carbons (Fsp3) is 0.320. The summed E-state index contributed by atoms with van der Waals surface area (Å²) in [6.07, 6.45) is 0.0925.